The third-order valence-corrected chi connectivity index (χ3v) is 5.91. The van der Waals surface area contributed by atoms with Crippen molar-refractivity contribution in [1.29, 1.82) is 0 Å². The van der Waals surface area contributed by atoms with E-state index in [2.05, 4.69) is 25.9 Å². The van der Waals surface area contributed by atoms with Crippen LogP contribution in [0, 0.1) is 5.82 Å². The van der Waals surface area contributed by atoms with Gasteiger partial charge in [-0.3, -0.25) is 0 Å². The molecule has 0 radical (unpaired) electrons. The summed E-state index contributed by atoms with van der Waals surface area (Å²) in [7, 11) is -3.75. The minimum absolute atomic E-state index is 0.0527. The average molecular weight is 416 g/mol. The van der Waals surface area contributed by atoms with E-state index in [-0.39, 0.29) is 23.6 Å². The maximum Gasteiger partial charge on any atom is 0.316 e. The number of sulfonamides is 1. The molecule has 1 fully saturated rings. The molecule has 1 unspecified atom stereocenters. The number of hydrogen-bond donors (Lipinski definition) is 0. The molecular formula is C15H15BrFN3O3S. The number of rotatable bonds is 4. The second-order valence-electron chi connectivity index (χ2n) is 5.39. The van der Waals surface area contributed by atoms with E-state index < -0.39 is 15.8 Å². The SMILES string of the molecule is O=S(=O)(c1cccc(F)c1)N1CCCC(Oc2ncc(Br)cn2)C1. The minimum atomic E-state index is -3.75. The van der Waals surface area contributed by atoms with Crippen LogP contribution in [0.5, 0.6) is 6.01 Å². The van der Waals surface area contributed by atoms with Gasteiger partial charge < -0.3 is 4.74 Å². The Labute approximate surface area is 147 Å². The van der Waals surface area contributed by atoms with Crippen molar-refractivity contribution in [3.8, 4) is 6.01 Å². The van der Waals surface area contributed by atoms with Crippen LogP contribution in [0.2, 0.25) is 0 Å². The maximum atomic E-state index is 13.3. The number of ether oxygens (including phenoxy) is 1. The van der Waals surface area contributed by atoms with Crippen molar-refractivity contribution >= 4 is 26.0 Å². The van der Waals surface area contributed by atoms with Gasteiger partial charge >= 0.3 is 6.01 Å². The molecule has 24 heavy (non-hydrogen) atoms. The summed E-state index contributed by atoms with van der Waals surface area (Å²) in [5.41, 5.74) is 0. The van der Waals surface area contributed by atoms with E-state index in [4.69, 9.17) is 4.74 Å². The van der Waals surface area contributed by atoms with Crippen LogP contribution in [0.25, 0.3) is 0 Å². The Balaban J connectivity index is 1.74. The fourth-order valence-electron chi connectivity index (χ4n) is 2.51. The highest BCUT2D eigenvalue weighted by atomic mass is 79.9. The zero-order chi connectivity index (χ0) is 17.2. The molecule has 1 atom stereocenters. The second kappa shape index (κ2) is 7.12. The van der Waals surface area contributed by atoms with Crippen LogP contribution in [0.4, 0.5) is 4.39 Å². The van der Waals surface area contributed by atoms with Crippen LogP contribution in [0.3, 0.4) is 0 Å². The number of halogens is 2. The Morgan fingerprint density at radius 3 is 2.75 bits per heavy atom. The van der Waals surface area contributed by atoms with Crippen molar-refractivity contribution in [3.63, 3.8) is 0 Å². The highest BCUT2D eigenvalue weighted by Crippen LogP contribution is 2.23. The lowest BCUT2D eigenvalue weighted by molar-refractivity contribution is 0.119. The predicted octanol–water partition coefficient (Wildman–Crippen LogP) is 2.61. The molecule has 6 nitrogen and oxygen atoms in total. The summed E-state index contributed by atoms with van der Waals surface area (Å²) in [4.78, 5) is 8.01. The van der Waals surface area contributed by atoms with Gasteiger partial charge in [0.15, 0.2) is 0 Å². The molecular weight excluding hydrogens is 401 g/mol. The van der Waals surface area contributed by atoms with Crippen LogP contribution in [-0.2, 0) is 10.0 Å². The Hall–Kier alpha value is -1.58. The van der Waals surface area contributed by atoms with E-state index in [9.17, 15) is 12.8 Å². The molecule has 2 aromatic rings. The van der Waals surface area contributed by atoms with Crippen LogP contribution < -0.4 is 4.74 Å². The fourth-order valence-corrected chi connectivity index (χ4v) is 4.25. The molecule has 1 aliphatic rings. The molecule has 0 amide bonds. The fraction of sp³-hybridized carbons (Fsp3) is 0.333. The first-order valence-corrected chi connectivity index (χ1v) is 9.58. The van der Waals surface area contributed by atoms with Crippen molar-refractivity contribution in [2.75, 3.05) is 13.1 Å². The topological polar surface area (TPSA) is 72.4 Å². The van der Waals surface area contributed by atoms with Gasteiger partial charge in [0.1, 0.15) is 11.9 Å². The average Bonchev–Trinajstić information content (AvgIpc) is 2.57. The van der Waals surface area contributed by atoms with Gasteiger partial charge in [0.25, 0.3) is 0 Å². The predicted molar refractivity (Wildman–Crippen MR) is 88.5 cm³/mol. The lowest BCUT2D eigenvalue weighted by Gasteiger charge is -2.31. The highest BCUT2D eigenvalue weighted by molar-refractivity contribution is 9.10. The normalized spacial score (nSPS) is 19.2. The Morgan fingerprint density at radius 2 is 2.04 bits per heavy atom. The molecule has 9 heteroatoms. The number of benzene rings is 1. The molecule has 128 valence electrons. The maximum absolute atomic E-state index is 13.3. The summed E-state index contributed by atoms with van der Waals surface area (Å²) in [5.74, 6) is -0.579. The van der Waals surface area contributed by atoms with Crippen LogP contribution in [0.1, 0.15) is 12.8 Å². The quantitative estimate of drug-likeness (QED) is 0.767. The molecule has 0 bridgehead atoms. The van der Waals surface area contributed by atoms with Gasteiger partial charge in [0.05, 0.1) is 15.9 Å². The van der Waals surface area contributed by atoms with E-state index in [1.165, 1.54) is 22.5 Å². The van der Waals surface area contributed by atoms with E-state index >= 15 is 0 Å². The van der Waals surface area contributed by atoms with Crippen LogP contribution in [0.15, 0.2) is 46.0 Å². The molecule has 0 spiro atoms. The van der Waals surface area contributed by atoms with E-state index in [1.807, 2.05) is 0 Å². The summed E-state index contributed by atoms with van der Waals surface area (Å²) in [6, 6.07) is 5.22. The smallest absolute Gasteiger partial charge is 0.316 e. The Morgan fingerprint density at radius 1 is 1.29 bits per heavy atom. The third kappa shape index (κ3) is 3.90. The molecule has 3 rings (SSSR count). The largest absolute Gasteiger partial charge is 0.459 e. The van der Waals surface area contributed by atoms with Gasteiger partial charge in [-0.05, 0) is 47.0 Å². The summed E-state index contributed by atoms with van der Waals surface area (Å²) in [6.45, 7) is 0.554. The number of aromatic nitrogens is 2. The van der Waals surface area contributed by atoms with Crippen molar-refractivity contribution in [1.82, 2.24) is 14.3 Å². The van der Waals surface area contributed by atoms with Crippen LogP contribution >= 0.6 is 15.9 Å². The first-order chi connectivity index (χ1) is 11.4. The molecule has 0 saturated carbocycles. The van der Waals surface area contributed by atoms with E-state index in [0.29, 0.717) is 19.4 Å². The van der Waals surface area contributed by atoms with Crippen molar-refractivity contribution in [2.24, 2.45) is 0 Å². The first-order valence-electron chi connectivity index (χ1n) is 7.35. The molecule has 1 saturated heterocycles. The first kappa shape index (κ1) is 17.2. The number of piperidine rings is 1. The monoisotopic (exact) mass is 415 g/mol. The second-order valence-corrected chi connectivity index (χ2v) is 8.24. The molecule has 2 heterocycles. The molecule has 0 aliphatic carbocycles. The molecule has 1 aliphatic heterocycles. The zero-order valence-electron chi connectivity index (χ0n) is 12.6. The Bertz CT molecular complexity index is 817. The summed E-state index contributed by atoms with van der Waals surface area (Å²) < 4.78 is 46.3. The summed E-state index contributed by atoms with van der Waals surface area (Å²) in [6.07, 6.45) is 4.13. The van der Waals surface area contributed by atoms with Crippen molar-refractivity contribution in [2.45, 2.75) is 23.8 Å². The number of hydrogen-bond acceptors (Lipinski definition) is 5. The zero-order valence-corrected chi connectivity index (χ0v) is 15.0. The lowest BCUT2D eigenvalue weighted by atomic mass is 10.1. The van der Waals surface area contributed by atoms with Gasteiger partial charge in [0.2, 0.25) is 10.0 Å². The summed E-state index contributed by atoms with van der Waals surface area (Å²) >= 11 is 3.24. The minimum Gasteiger partial charge on any atom is -0.459 e. The van der Waals surface area contributed by atoms with Gasteiger partial charge in [-0.25, -0.2) is 22.8 Å². The standard InChI is InChI=1S/C15H15BrFN3O3S/c16-11-8-18-15(19-9-11)23-13-4-2-6-20(10-13)24(21,22)14-5-1-3-12(17)7-14/h1,3,5,7-9,13H,2,4,6,10H2. The molecule has 0 N–H and O–H groups in total. The van der Waals surface area contributed by atoms with Gasteiger partial charge in [-0.2, -0.15) is 4.31 Å². The number of nitrogens with zero attached hydrogens (tertiary/aromatic N) is 3. The van der Waals surface area contributed by atoms with E-state index in [1.54, 1.807) is 12.4 Å². The van der Waals surface area contributed by atoms with Crippen molar-refractivity contribution < 1.29 is 17.5 Å². The van der Waals surface area contributed by atoms with Crippen molar-refractivity contribution in [3.05, 3.63) is 46.9 Å². The molecule has 1 aromatic carbocycles. The van der Waals surface area contributed by atoms with Crippen LogP contribution in [-0.4, -0.2) is 41.9 Å². The van der Waals surface area contributed by atoms with Gasteiger partial charge in [0, 0.05) is 18.9 Å². The van der Waals surface area contributed by atoms with Gasteiger partial charge in [-0.1, -0.05) is 6.07 Å². The molecule has 1 aromatic heterocycles. The third-order valence-electron chi connectivity index (χ3n) is 3.64. The summed E-state index contributed by atoms with van der Waals surface area (Å²) in [5, 5.41) is 0. The highest BCUT2D eigenvalue weighted by Gasteiger charge is 2.31. The Kier molecular flexibility index (Phi) is 5.12. The lowest BCUT2D eigenvalue weighted by Crippen LogP contribution is -2.44. The van der Waals surface area contributed by atoms with E-state index in [0.717, 1.165) is 10.5 Å². The van der Waals surface area contributed by atoms with Gasteiger partial charge in [-0.15, -0.1) is 0 Å².